The quantitative estimate of drug-likeness (QED) is 0.763. The van der Waals surface area contributed by atoms with Crippen LogP contribution in [0.2, 0.25) is 0 Å². The Hall–Kier alpha value is -2.54. The Kier molecular flexibility index (Phi) is 4.47. The number of aromatic nitrogens is 4. The topological polar surface area (TPSA) is 72.7 Å². The summed E-state index contributed by atoms with van der Waals surface area (Å²) in [7, 11) is 0. The predicted molar refractivity (Wildman–Crippen MR) is 90.6 cm³/mol. The maximum Gasteiger partial charge on any atom is 0.275 e. The molecule has 1 N–H and O–H groups in total. The average molecular weight is 372 g/mol. The zero-order valence-corrected chi connectivity index (χ0v) is 14.0. The Balaban J connectivity index is 1.91. The van der Waals surface area contributed by atoms with Crippen LogP contribution in [-0.2, 0) is 6.42 Å². The van der Waals surface area contributed by atoms with Crippen LogP contribution in [0, 0.1) is 0 Å². The third kappa shape index (κ3) is 3.29. The number of hydrogen-bond acceptors (Lipinski definition) is 4. The molecule has 0 bridgehead atoms. The van der Waals surface area contributed by atoms with Crippen molar-refractivity contribution in [3.8, 4) is 5.82 Å². The number of carbonyl (C=O) groups excluding carboxylic acids is 1. The summed E-state index contributed by atoms with van der Waals surface area (Å²) in [5.74, 6) is 0.305. The van der Waals surface area contributed by atoms with Gasteiger partial charge in [-0.15, -0.1) is 10.2 Å². The normalized spacial score (nSPS) is 10.5. The van der Waals surface area contributed by atoms with E-state index >= 15 is 0 Å². The van der Waals surface area contributed by atoms with Gasteiger partial charge in [-0.25, -0.2) is 4.98 Å². The number of nitrogens with zero attached hydrogens (tertiary/aromatic N) is 4. The van der Waals surface area contributed by atoms with Crippen molar-refractivity contribution in [3.05, 3.63) is 64.8 Å². The maximum absolute atomic E-state index is 12.6. The molecule has 0 fully saturated rings. The molecule has 3 rings (SSSR count). The molecule has 0 saturated heterocycles. The molecule has 0 aliphatic heterocycles. The summed E-state index contributed by atoms with van der Waals surface area (Å²) in [5.41, 5.74) is 2.18. The maximum atomic E-state index is 12.6. The van der Waals surface area contributed by atoms with E-state index in [0.717, 1.165) is 17.7 Å². The van der Waals surface area contributed by atoms with Crippen LogP contribution in [0.1, 0.15) is 23.0 Å². The highest BCUT2D eigenvalue weighted by Crippen LogP contribution is 2.20. The number of nitrogens with one attached hydrogen (secondary N) is 1. The highest BCUT2D eigenvalue weighted by Gasteiger charge is 2.15. The van der Waals surface area contributed by atoms with Gasteiger partial charge in [0.25, 0.3) is 5.91 Å². The number of anilines is 1. The largest absolute Gasteiger partial charge is 0.320 e. The monoisotopic (exact) mass is 371 g/mol. The third-order valence-corrected chi connectivity index (χ3v) is 4.02. The fraction of sp³-hybridized carbons (Fsp3) is 0.125. The van der Waals surface area contributed by atoms with Gasteiger partial charge in [0.15, 0.2) is 0 Å². The van der Waals surface area contributed by atoms with E-state index in [-0.39, 0.29) is 5.91 Å². The lowest BCUT2D eigenvalue weighted by Crippen LogP contribution is -2.16. The molecule has 3 aromatic rings. The van der Waals surface area contributed by atoms with Crippen molar-refractivity contribution in [1.29, 1.82) is 0 Å². The van der Waals surface area contributed by atoms with Crippen molar-refractivity contribution in [1.82, 2.24) is 19.7 Å². The molecule has 1 aromatic carbocycles. The number of halogens is 1. The van der Waals surface area contributed by atoms with Gasteiger partial charge in [0.05, 0.1) is 0 Å². The van der Waals surface area contributed by atoms with E-state index in [0.29, 0.717) is 16.0 Å². The van der Waals surface area contributed by atoms with Gasteiger partial charge in [-0.1, -0.05) is 25.1 Å². The molecule has 1 amide bonds. The van der Waals surface area contributed by atoms with Gasteiger partial charge in [0.2, 0.25) is 0 Å². The van der Waals surface area contributed by atoms with Gasteiger partial charge in [0, 0.05) is 10.2 Å². The van der Waals surface area contributed by atoms with E-state index in [4.69, 9.17) is 0 Å². The zero-order valence-electron chi connectivity index (χ0n) is 12.4. The van der Waals surface area contributed by atoms with Crippen LogP contribution in [0.15, 0.2) is 53.5 Å². The van der Waals surface area contributed by atoms with Gasteiger partial charge >= 0.3 is 0 Å². The smallest absolute Gasteiger partial charge is 0.275 e. The first-order chi connectivity index (χ1) is 11.2. The first kappa shape index (κ1) is 15.4. The molecule has 7 heteroatoms. The number of pyridine rings is 1. The second kappa shape index (κ2) is 6.70. The lowest BCUT2D eigenvalue weighted by atomic mass is 10.1. The zero-order chi connectivity index (χ0) is 16.2. The van der Waals surface area contributed by atoms with Gasteiger partial charge in [-0.2, -0.15) is 0 Å². The summed E-state index contributed by atoms with van der Waals surface area (Å²) in [5, 5.41) is 10.4. The van der Waals surface area contributed by atoms with Crippen molar-refractivity contribution in [2.24, 2.45) is 0 Å². The van der Waals surface area contributed by atoms with E-state index in [1.807, 2.05) is 31.2 Å². The molecule has 116 valence electrons. The summed E-state index contributed by atoms with van der Waals surface area (Å²) < 4.78 is 2.27. The Bertz CT molecular complexity index is 832. The molecule has 0 aliphatic carbocycles. The molecular weight excluding hydrogens is 358 g/mol. The van der Waals surface area contributed by atoms with Crippen LogP contribution in [0.3, 0.4) is 0 Å². The van der Waals surface area contributed by atoms with Crippen LogP contribution in [-0.4, -0.2) is 25.7 Å². The number of para-hydroxylation sites is 1. The SMILES string of the molecule is CCc1ccccc1NC(=O)c1nc(-n2cnnc2)ccc1Br. The Morgan fingerprint density at radius 1 is 1.17 bits per heavy atom. The molecule has 6 nitrogen and oxygen atoms in total. The van der Waals surface area contributed by atoms with Crippen LogP contribution < -0.4 is 5.32 Å². The van der Waals surface area contributed by atoms with Crippen molar-refractivity contribution in [2.45, 2.75) is 13.3 Å². The Morgan fingerprint density at radius 2 is 1.91 bits per heavy atom. The minimum Gasteiger partial charge on any atom is -0.320 e. The van der Waals surface area contributed by atoms with E-state index in [1.54, 1.807) is 16.7 Å². The molecule has 2 aromatic heterocycles. The van der Waals surface area contributed by atoms with Gasteiger partial charge in [0.1, 0.15) is 24.2 Å². The fourth-order valence-electron chi connectivity index (χ4n) is 2.19. The first-order valence-electron chi connectivity index (χ1n) is 7.10. The molecule has 0 radical (unpaired) electrons. The van der Waals surface area contributed by atoms with Crippen LogP contribution in [0.25, 0.3) is 5.82 Å². The minimum absolute atomic E-state index is 0.271. The van der Waals surface area contributed by atoms with Crippen LogP contribution >= 0.6 is 15.9 Å². The molecular formula is C16H14BrN5O. The van der Waals surface area contributed by atoms with Gasteiger partial charge in [-0.05, 0) is 46.1 Å². The second-order valence-corrected chi connectivity index (χ2v) is 5.69. The van der Waals surface area contributed by atoms with E-state index in [2.05, 4.69) is 36.4 Å². The number of rotatable bonds is 4. The van der Waals surface area contributed by atoms with Crippen molar-refractivity contribution in [2.75, 3.05) is 5.32 Å². The molecule has 0 saturated carbocycles. The second-order valence-electron chi connectivity index (χ2n) is 4.83. The number of carbonyl (C=O) groups is 1. The van der Waals surface area contributed by atoms with Crippen molar-refractivity contribution >= 4 is 27.5 Å². The van der Waals surface area contributed by atoms with E-state index < -0.39 is 0 Å². The van der Waals surface area contributed by atoms with Crippen molar-refractivity contribution in [3.63, 3.8) is 0 Å². The van der Waals surface area contributed by atoms with Gasteiger partial charge in [-0.3, -0.25) is 9.36 Å². The molecule has 2 heterocycles. The number of aryl methyl sites for hydroxylation is 1. The van der Waals surface area contributed by atoms with E-state index in [1.165, 1.54) is 12.7 Å². The first-order valence-corrected chi connectivity index (χ1v) is 7.89. The molecule has 23 heavy (non-hydrogen) atoms. The highest BCUT2D eigenvalue weighted by molar-refractivity contribution is 9.10. The number of amides is 1. The lowest BCUT2D eigenvalue weighted by Gasteiger charge is -2.11. The highest BCUT2D eigenvalue weighted by atomic mass is 79.9. The average Bonchev–Trinajstić information content (AvgIpc) is 3.10. The number of hydrogen-bond donors (Lipinski definition) is 1. The summed E-state index contributed by atoms with van der Waals surface area (Å²) >= 11 is 3.38. The van der Waals surface area contributed by atoms with Crippen LogP contribution in [0.4, 0.5) is 5.69 Å². The minimum atomic E-state index is -0.271. The molecule has 0 unspecified atom stereocenters. The third-order valence-electron chi connectivity index (χ3n) is 3.38. The predicted octanol–water partition coefficient (Wildman–Crippen LogP) is 3.24. The summed E-state index contributed by atoms with van der Waals surface area (Å²) in [4.78, 5) is 17.0. The summed E-state index contributed by atoms with van der Waals surface area (Å²) in [6.07, 6.45) is 3.90. The molecule has 0 aliphatic rings. The Morgan fingerprint density at radius 3 is 2.65 bits per heavy atom. The van der Waals surface area contributed by atoms with Crippen molar-refractivity contribution < 1.29 is 4.79 Å². The molecule has 0 spiro atoms. The fourth-order valence-corrected chi connectivity index (χ4v) is 2.59. The Labute approximate surface area is 141 Å². The van der Waals surface area contributed by atoms with Crippen LogP contribution in [0.5, 0.6) is 0 Å². The van der Waals surface area contributed by atoms with E-state index in [9.17, 15) is 4.79 Å². The standard InChI is InChI=1S/C16H14BrN5O/c1-2-11-5-3-4-6-13(11)20-16(23)15-12(17)7-8-14(21-15)22-9-18-19-10-22/h3-10H,2H2,1H3,(H,20,23). The molecule has 0 atom stereocenters. The number of benzene rings is 1. The summed E-state index contributed by atoms with van der Waals surface area (Å²) in [6, 6.07) is 11.3. The summed E-state index contributed by atoms with van der Waals surface area (Å²) in [6.45, 7) is 2.05. The van der Waals surface area contributed by atoms with Gasteiger partial charge < -0.3 is 5.32 Å². The lowest BCUT2D eigenvalue weighted by molar-refractivity contribution is 0.102.